The van der Waals surface area contributed by atoms with Crippen LogP contribution in [0.5, 0.6) is 0 Å². The van der Waals surface area contributed by atoms with Crippen LogP contribution < -0.4 is 5.32 Å². The van der Waals surface area contributed by atoms with Crippen LogP contribution in [0.1, 0.15) is 12.8 Å². The molecule has 0 bridgehead atoms. The van der Waals surface area contributed by atoms with Crippen LogP contribution in [-0.2, 0) is 24.0 Å². The molecule has 4 amide bonds. The normalized spacial score (nSPS) is 32.3. The Morgan fingerprint density at radius 1 is 1.08 bits per heavy atom. The van der Waals surface area contributed by atoms with E-state index >= 15 is 0 Å². The first-order chi connectivity index (χ1) is 12.0. The second-order valence-electron chi connectivity index (χ2n) is 6.82. The number of carbonyl (C=O) groups is 5. The van der Waals surface area contributed by atoms with Crippen molar-refractivity contribution in [2.24, 2.45) is 17.8 Å². The molecule has 4 aliphatic rings. The van der Waals surface area contributed by atoms with Crippen LogP contribution in [0.3, 0.4) is 0 Å². The summed E-state index contributed by atoms with van der Waals surface area (Å²) in [5.41, 5.74) is 0.825. The van der Waals surface area contributed by atoms with Crippen LogP contribution in [0.4, 0.5) is 0 Å². The minimum atomic E-state index is -0.919. The van der Waals surface area contributed by atoms with Crippen LogP contribution in [-0.4, -0.2) is 58.8 Å². The molecule has 0 saturated carbocycles. The summed E-state index contributed by atoms with van der Waals surface area (Å²) in [4.78, 5) is 62.4. The maximum Gasteiger partial charge on any atom is 0.249 e. The van der Waals surface area contributed by atoms with Crippen LogP contribution >= 0.6 is 0 Å². The van der Waals surface area contributed by atoms with E-state index in [9.17, 15) is 24.0 Å². The molecule has 3 aliphatic heterocycles. The number of aldehydes is 1. The topological polar surface area (TPSA) is 104 Å². The fraction of sp³-hybridized carbons (Fsp3) is 0.471. The van der Waals surface area contributed by atoms with Gasteiger partial charge in [0.05, 0.1) is 11.8 Å². The van der Waals surface area contributed by atoms with Crippen molar-refractivity contribution in [1.29, 1.82) is 0 Å². The number of likely N-dealkylation sites (tertiary alicyclic amines) is 2. The Morgan fingerprint density at radius 2 is 1.80 bits per heavy atom. The van der Waals surface area contributed by atoms with Crippen LogP contribution in [0, 0.1) is 17.8 Å². The summed E-state index contributed by atoms with van der Waals surface area (Å²) in [7, 11) is 0. The van der Waals surface area contributed by atoms with Gasteiger partial charge in [-0.05, 0) is 18.6 Å². The zero-order valence-corrected chi connectivity index (χ0v) is 13.4. The first kappa shape index (κ1) is 15.7. The number of hydrogen-bond acceptors (Lipinski definition) is 6. The molecular weight excluding hydrogens is 326 g/mol. The molecule has 3 heterocycles. The fourth-order valence-electron chi connectivity index (χ4n) is 3.81. The van der Waals surface area contributed by atoms with Gasteiger partial charge in [0.2, 0.25) is 23.6 Å². The van der Waals surface area contributed by atoms with Gasteiger partial charge in [0.15, 0.2) is 0 Å². The van der Waals surface area contributed by atoms with Crippen molar-refractivity contribution in [1.82, 2.24) is 15.1 Å². The van der Waals surface area contributed by atoms with E-state index in [-0.39, 0.29) is 24.7 Å². The number of nitrogens with one attached hydrogen (secondary N) is 1. The molecule has 3 unspecified atom stereocenters. The Hall–Kier alpha value is -2.77. The molecule has 0 radical (unpaired) electrons. The zero-order chi connectivity index (χ0) is 17.7. The number of hydrogen-bond donors (Lipinski definition) is 1. The van der Waals surface area contributed by atoms with E-state index < -0.39 is 35.6 Å². The molecule has 0 aromatic carbocycles. The lowest BCUT2D eigenvalue weighted by Crippen LogP contribution is -2.54. The molecule has 4 rings (SSSR count). The van der Waals surface area contributed by atoms with E-state index in [1.807, 2.05) is 4.90 Å². The van der Waals surface area contributed by atoms with E-state index in [0.29, 0.717) is 13.1 Å². The van der Waals surface area contributed by atoms with Gasteiger partial charge in [-0.2, -0.15) is 0 Å². The third kappa shape index (κ3) is 2.40. The van der Waals surface area contributed by atoms with Crippen LogP contribution in [0.15, 0.2) is 23.9 Å². The first-order valence-corrected chi connectivity index (χ1v) is 8.30. The number of imide groups is 2. The molecule has 25 heavy (non-hydrogen) atoms. The molecule has 1 N–H and O–H groups in total. The standard InChI is InChI=1S/C17H17N3O5/c21-8-9-6-19(7-9)10-1-2-11-12(5-10)17(25)20(16(11)24)13-3-4-14(22)18-15(13)23/h1-2,5,8-9,11-13H,3-4,6-7H2,(H,18,22,23). The van der Waals surface area contributed by atoms with Crippen molar-refractivity contribution in [3.63, 3.8) is 0 Å². The average molecular weight is 343 g/mol. The smallest absolute Gasteiger partial charge is 0.249 e. The number of rotatable bonds is 3. The van der Waals surface area contributed by atoms with E-state index in [1.165, 1.54) is 0 Å². The Morgan fingerprint density at radius 3 is 2.48 bits per heavy atom. The van der Waals surface area contributed by atoms with Gasteiger partial charge in [0.25, 0.3) is 0 Å². The molecule has 0 aromatic rings. The fourth-order valence-corrected chi connectivity index (χ4v) is 3.81. The van der Waals surface area contributed by atoms with E-state index in [1.54, 1.807) is 18.2 Å². The van der Waals surface area contributed by atoms with Gasteiger partial charge in [-0.25, -0.2) is 0 Å². The zero-order valence-electron chi connectivity index (χ0n) is 13.4. The predicted molar refractivity (Wildman–Crippen MR) is 83.4 cm³/mol. The maximum atomic E-state index is 12.8. The highest BCUT2D eigenvalue weighted by Gasteiger charge is 2.51. The summed E-state index contributed by atoms with van der Waals surface area (Å²) in [5, 5.41) is 2.19. The number of allylic oxidation sites excluding steroid dienone is 1. The van der Waals surface area contributed by atoms with Crippen molar-refractivity contribution < 1.29 is 24.0 Å². The molecule has 1 aliphatic carbocycles. The highest BCUT2D eigenvalue weighted by molar-refractivity contribution is 6.12. The van der Waals surface area contributed by atoms with E-state index in [0.717, 1.165) is 16.9 Å². The molecule has 0 spiro atoms. The minimum Gasteiger partial charge on any atom is -0.370 e. The average Bonchev–Trinajstić information content (AvgIpc) is 2.78. The number of nitrogens with zero attached hydrogens (tertiary/aromatic N) is 2. The molecule has 8 nitrogen and oxygen atoms in total. The number of carbonyl (C=O) groups excluding carboxylic acids is 5. The summed E-state index contributed by atoms with van der Waals surface area (Å²) in [6.07, 6.45) is 6.43. The monoisotopic (exact) mass is 343 g/mol. The highest BCUT2D eigenvalue weighted by Crippen LogP contribution is 2.37. The molecule has 3 atom stereocenters. The molecular formula is C17H17N3O5. The largest absolute Gasteiger partial charge is 0.370 e. The lowest BCUT2D eigenvalue weighted by molar-refractivity contribution is -0.151. The Balaban J connectivity index is 1.54. The summed E-state index contributed by atoms with van der Waals surface area (Å²) in [6.45, 7) is 1.21. The number of amides is 4. The lowest BCUT2D eigenvalue weighted by Gasteiger charge is -2.40. The van der Waals surface area contributed by atoms with Crippen molar-refractivity contribution in [3.8, 4) is 0 Å². The van der Waals surface area contributed by atoms with Gasteiger partial charge in [-0.3, -0.25) is 29.4 Å². The van der Waals surface area contributed by atoms with Gasteiger partial charge < -0.3 is 9.69 Å². The molecule has 3 fully saturated rings. The molecule has 0 aromatic heterocycles. The summed E-state index contributed by atoms with van der Waals surface area (Å²) < 4.78 is 0. The quantitative estimate of drug-likeness (QED) is 0.519. The van der Waals surface area contributed by atoms with E-state index in [4.69, 9.17) is 0 Å². The van der Waals surface area contributed by atoms with Gasteiger partial charge in [0.1, 0.15) is 12.3 Å². The second-order valence-corrected chi connectivity index (χ2v) is 6.82. The minimum absolute atomic E-state index is 0.00732. The van der Waals surface area contributed by atoms with Crippen molar-refractivity contribution in [3.05, 3.63) is 23.9 Å². The molecule has 130 valence electrons. The number of piperidine rings is 1. The summed E-state index contributed by atoms with van der Waals surface area (Å²) in [6, 6.07) is -0.919. The first-order valence-electron chi connectivity index (χ1n) is 8.30. The number of fused-ring (bicyclic) bond motifs is 1. The van der Waals surface area contributed by atoms with Gasteiger partial charge in [-0.15, -0.1) is 0 Å². The maximum absolute atomic E-state index is 12.8. The Bertz CT molecular complexity index is 749. The summed E-state index contributed by atoms with van der Waals surface area (Å²) in [5.74, 6) is -3.01. The van der Waals surface area contributed by atoms with Crippen molar-refractivity contribution in [2.45, 2.75) is 18.9 Å². The Kier molecular flexibility index (Phi) is 3.55. The third-order valence-electron chi connectivity index (χ3n) is 5.25. The SMILES string of the molecule is O=CC1CN(C2=CC3C(=O)N(C4CCC(=O)NC4=O)C(=O)C3C=C2)C1. The second kappa shape index (κ2) is 5.65. The highest BCUT2D eigenvalue weighted by atomic mass is 16.2. The van der Waals surface area contributed by atoms with E-state index in [2.05, 4.69) is 5.32 Å². The molecule has 8 heteroatoms. The third-order valence-corrected chi connectivity index (χ3v) is 5.25. The van der Waals surface area contributed by atoms with Gasteiger partial charge >= 0.3 is 0 Å². The van der Waals surface area contributed by atoms with Crippen molar-refractivity contribution >= 4 is 29.9 Å². The lowest BCUT2D eigenvalue weighted by atomic mass is 9.88. The predicted octanol–water partition coefficient (Wildman–Crippen LogP) is -1.02. The van der Waals surface area contributed by atoms with Gasteiger partial charge in [0, 0.05) is 31.1 Å². The summed E-state index contributed by atoms with van der Waals surface area (Å²) >= 11 is 0. The Labute approximate surface area is 143 Å². The van der Waals surface area contributed by atoms with Crippen molar-refractivity contribution in [2.75, 3.05) is 13.1 Å². The van der Waals surface area contributed by atoms with Crippen LogP contribution in [0.25, 0.3) is 0 Å². The molecule has 3 saturated heterocycles. The van der Waals surface area contributed by atoms with Crippen LogP contribution in [0.2, 0.25) is 0 Å². The van der Waals surface area contributed by atoms with Gasteiger partial charge in [-0.1, -0.05) is 6.08 Å².